The first kappa shape index (κ1) is 16.4. The van der Waals surface area contributed by atoms with Crippen molar-refractivity contribution in [2.45, 2.75) is 19.4 Å². The van der Waals surface area contributed by atoms with Gasteiger partial charge in [-0.25, -0.2) is 8.78 Å². The molecule has 17 heavy (non-hydrogen) atoms. The van der Waals surface area contributed by atoms with Gasteiger partial charge in [-0.2, -0.15) is 0 Å². The van der Waals surface area contributed by atoms with E-state index in [9.17, 15) is 13.9 Å². The van der Waals surface area contributed by atoms with Crippen molar-refractivity contribution in [3.05, 3.63) is 22.2 Å². The third-order valence-corrected chi connectivity index (χ3v) is 2.61. The second-order valence-corrected chi connectivity index (χ2v) is 4.00. The van der Waals surface area contributed by atoms with Crippen LogP contribution in [0.5, 0.6) is 11.5 Å². The maximum atomic E-state index is 12.4. The minimum absolute atomic E-state index is 0. The largest absolute Gasteiger partial charge is 0.503 e. The number of alkyl halides is 2. The van der Waals surface area contributed by atoms with E-state index in [1.807, 2.05) is 0 Å². The lowest BCUT2D eigenvalue weighted by molar-refractivity contribution is 0.116. The lowest BCUT2D eigenvalue weighted by atomic mass is 10.1. The summed E-state index contributed by atoms with van der Waals surface area (Å²) in [6.07, 6.45) is -2.66. The predicted molar refractivity (Wildman–Crippen MR) is 67.2 cm³/mol. The highest BCUT2D eigenvalue weighted by Gasteiger charge is 2.20. The molecule has 0 saturated heterocycles. The van der Waals surface area contributed by atoms with Gasteiger partial charge in [0.05, 0.1) is 17.1 Å². The third-order valence-electron chi connectivity index (χ3n) is 2.01. The minimum Gasteiger partial charge on any atom is -0.503 e. The van der Waals surface area contributed by atoms with E-state index in [1.54, 1.807) is 6.92 Å². The van der Waals surface area contributed by atoms with E-state index in [2.05, 4.69) is 15.9 Å². The van der Waals surface area contributed by atoms with Crippen LogP contribution in [0.1, 0.15) is 18.5 Å². The van der Waals surface area contributed by atoms with Gasteiger partial charge in [-0.15, -0.1) is 12.4 Å². The Bertz CT molecular complexity index is 380. The average Bonchev–Trinajstić information content (AvgIpc) is 2.23. The molecule has 98 valence electrons. The molecule has 0 aliphatic rings. The Balaban J connectivity index is 0.00000256. The SMILES string of the molecule is CCOc1cc([C@@H](N)C(F)F)cc(Br)c1O.Cl. The smallest absolute Gasteiger partial charge is 0.257 e. The first-order valence-electron chi connectivity index (χ1n) is 4.66. The molecule has 1 aromatic rings. The van der Waals surface area contributed by atoms with Gasteiger partial charge in [-0.1, -0.05) is 0 Å². The van der Waals surface area contributed by atoms with Crippen molar-refractivity contribution in [3.8, 4) is 11.5 Å². The number of ether oxygens (including phenoxy) is 1. The highest BCUT2D eigenvalue weighted by molar-refractivity contribution is 9.10. The second kappa shape index (κ2) is 6.98. The second-order valence-electron chi connectivity index (χ2n) is 3.14. The van der Waals surface area contributed by atoms with Crippen molar-refractivity contribution in [1.82, 2.24) is 0 Å². The highest BCUT2D eigenvalue weighted by Crippen LogP contribution is 2.37. The monoisotopic (exact) mass is 331 g/mol. The topological polar surface area (TPSA) is 55.5 Å². The summed E-state index contributed by atoms with van der Waals surface area (Å²) < 4.78 is 30.2. The van der Waals surface area contributed by atoms with Crippen LogP contribution in [-0.2, 0) is 0 Å². The number of rotatable bonds is 4. The Morgan fingerprint density at radius 1 is 1.47 bits per heavy atom. The number of nitrogens with two attached hydrogens (primary N) is 1. The molecule has 0 radical (unpaired) electrons. The Morgan fingerprint density at radius 2 is 2.06 bits per heavy atom. The van der Waals surface area contributed by atoms with Crippen molar-refractivity contribution < 1.29 is 18.6 Å². The van der Waals surface area contributed by atoms with E-state index in [1.165, 1.54) is 12.1 Å². The van der Waals surface area contributed by atoms with Crippen LogP contribution in [-0.4, -0.2) is 18.1 Å². The van der Waals surface area contributed by atoms with Gasteiger partial charge in [-0.3, -0.25) is 0 Å². The molecule has 7 heteroatoms. The summed E-state index contributed by atoms with van der Waals surface area (Å²) in [5, 5.41) is 9.57. The number of aromatic hydroxyl groups is 1. The first-order chi connectivity index (χ1) is 7.47. The molecule has 0 fully saturated rings. The molecule has 1 atom stereocenters. The number of phenolic OH excluding ortho intramolecular Hbond substituents is 1. The Morgan fingerprint density at radius 3 is 2.53 bits per heavy atom. The Kier molecular flexibility index (Phi) is 6.74. The fourth-order valence-electron chi connectivity index (χ4n) is 1.20. The zero-order valence-electron chi connectivity index (χ0n) is 8.99. The van der Waals surface area contributed by atoms with Crippen LogP contribution in [0.25, 0.3) is 0 Å². The van der Waals surface area contributed by atoms with Crippen LogP contribution in [0.4, 0.5) is 8.78 Å². The van der Waals surface area contributed by atoms with Crippen molar-refractivity contribution in [3.63, 3.8) is 0 Å². The molecular formula is C10H13BrClF2NO2. The summed E-state index contributed by atoms with van der Waals surface area (Å²) in [6.45, 7) is 2.06. The van der Waals surface area contributed by atoms with Gasteiger partial charge in [0, 0.05) is 0 Å². The van der Waals surface area contributed by atoms with E-state index >= 15 is 0 Å². The molecule has 0 saturated carbocycles. The van der Waals surface area contributed by atoms with Crippen LogP contribution in [0.3, 0.4) is 0 Å². The molecule has 3 nitrogen and oxygen atoms in total. The Labute approximate surface area is 112 Å². The number of halogens is 4. The van der Waals surface area contributed by atoms with Crippen LogP contribution in [0.15, 0.2) is 16.6 Å². The van der Waals surface area contributed by atoms with Crippen LogP contribution in [0.2, 0.25) is 0 Å². The summed E-state index contributed by atoms with van der Waals surface area (Å²) in [5.41, 5.74) is 5.52. The van der Waals surface area contributed by atoms with Crippen molar-refractivity contribution in [2.75, 3.05) is 6.61 Å². The zero-order valence-corrected chi connectivity index (χ0v) is 11.4. The molecule has 0 aliphatic carbocycles. The molecule has 0 spiro atoms. The number of hydrogen-bond acceptors (Lipinski definition) is 3. The quantitative estimate of drug-likeness (QED) is 0.890. The number of benzene rings is 1. The van der Waals surface area contributed by atoms with Gasteiger partial charge in [0.1, 0.15) is 0 Å². The molecule has 3 N–H and O–H groups in total. The standard InChI is InChI=1S/C10H12BrF2NO2.ClH/c1-2-16-7-4-5(8(14)10(12)13)3-6(11)9(7)15;/h3-4,8,10,15H,2,14H2,1H3;1H/t8-;/m1./s1. The molecule has 0 heterocycles. The highest BCUT2D eigenvalue weighted by atomic mass is 79.9. The number of hydrogen-bond donors (Lipinski definition) is 2. The van der Waals surface area contributed by atoms with Gasteiger partial charge in [-0.05, 0) is 40.5 Å². The zero-order chi connectivity index (χ0) is 12.3. The van der Waals surface area contributed by atoms with Gasteiger partial charge in [0.2, 0.25) is 0 Å². The van der Waals surface area contributed by atoms with Crippen molar-refractivity contribution >= 4 is 28.3 Å². The van der Waals surface area contributed by atoms with Gasteiger partial charge < -0.3 is 15.6 Å². The molecule has 0 aromatic heterocycles. The maximum absolute atomic E-state index is 12.4. The fraction of sp³-hybridized carbons (Fsp3) is 0.400. The Hall–Kier alpha value is -0.590. The van der Waals surface area contributed by atoms with Crippen LogP contribution >= 0.6 is 28.3 Å². The predicted octanol–water partition coefficient (Wildman–Crippen LogP) is 3.24. The van der Waals surface area contributed by atoms with E-state index in [0.717, 1.165) is 0 Å². The van der Waals surface area contributed by atoms with E-state index in [0.29, 0.717) is 6.61 Å². The van der Waals surface area contributed by atoms with E-state index in [4.69, 9.17) is 10.5 Å². The molecule has 0 unspecified atom stereocenters. The van der Waals surface area contributed by atoms with Crippen molar-refractivity contribution in [2.24, 2.45) is 5.73 Å². The van der Waals surface area contributed by atoms with Gasteiger partial charge in [0.25, 0.3) is 6.43 Å². The van der Waals surface area contributed by atoms with Crippen LogP contribution < -0.4 is 10.5 Å². The number of phenols is 1. The van der Waals surface area contributed by atoms with Gasteiger partial charge in [0.15, 0.2) is 11.5 Å². The summed E-state index contributed by atoms with van der Waals surface area (Å²) >= 11 is 3.05. The molecule has 0 aliphatic heterocycles. The normalized spacial score (nSPS) is 12.1. The van der Waals surface area contributed by atoms with E-state index in [-0.39, 0.29) is 33.9 Å². The minimum atomic E-state index is -2.66. The summed E-state index contributed by atoms with van der Waals surface area (Å²) in [5.74, 6) is 0.0232. The summed E-state index contributed by atoms with van der Waals surface area (Å²) in [6, 6.07) is 1.28. The van der Waals surface area contributed by atoms with E-state index < -0.39 is 12.5 Å². The molecular weight excluding hydrogens is 319 g/mol. The summed E-state index contributed by atoms with van der Waals surface area (Å²) in [4.78, 5) is 0. The maximum Gasteiger partial charge on any atom is 0.257 e. The molecule has 0 amide bonds. The van der Waals surface area contributed by atoms with Crippen molar-refractivity contribution in [1.29, 1.82) is 0 Å². The molecule has 0 bridgehead atoms. The van der Waals surface area contributed by atoms with Crippen LogP contribution in [0, 0.1) is 0 Å². The fourth-order valence-corrected chi connectivity index (χ4v) is 1.66. The third kappa shape index (κ3) is 3.97. The molecule has 1 rings (SSSR count). The summed E-state index contributed by atoms with van der Waals surface area (Å²) in [7, 11) is 0. The average molecular weight is 333 g/mol. The molecule has 1 aromatic carbocycles. The lowest BCUT2D eigenvalue weighted by Crippen LogP contribution is -2.19. The first-order valence-corrected chi connectivity index (χ1v) is 5.45. The lowest BCUT2D eigenvalue weighted by Gasteiger charge is -2.14. The van der Waals surface area contributed by atoms with Gasteiger partial charge >= 0.3 is 0 Å².